The molecule has 1 unspecified atom stereocenters. The molecule has 45 heavy (non-hydrogen) atoms. The van der Waals surface area contributed by atoms with Crippen LogP contribution in [0.3, 0.4) is 0 Å². The van der Waals surface area contributed by atoms with Gasteiger partial charge in [-0.15, -0.1) is 0 Å². The van der Waals surface area contributed by atoms with Gasteiger partial charge in [0.05, 0.1) is 20.3 Å². The van der Waals surface area contributed by atoms with Crippen LogP contribution in [0.15, 0.2) is 30.3 Å². The number of halogens is 3. The van der Waals surface area contributed by atoms with Gasteiger partial charge in [0.15, 0.2) is 18.5 Å². The molecule has 0 saturated carbocycles. The first-order chi connectivity index (χ1) is 21.4. The van der Waals surface area contributed by atoms with Crippen LogP contribution in [0.1, 0.15) is 12.5 Å². The summed E-state index contributed by atoms with van der Waals surface area (Å²) in [5.41, 5.74) is 0.951. The van der Waals surface area contributed by atoms with E-state index >= 15 is 0 Å². The molecule has 14 nitrogen and oxygen atoms in total. The summed E-state index contributed by atoms with van der Waals surface area (Å²) in [5, 5.41) is 8.01. The van der Waals surface area contributed by atoms with Crippen molar-refractivity contribution in [2.75, 3.05) is 42.2 Å². The summed E-state index contributed by atoms with van der Waals surface area (Å²) in [7, 11) is 6.81. The minimum absolute atomic E-state index is 0.0734. The lowest BCUT2D eigenvalue weighted by Crippen LogP contribution is -2.67. The number of esters is 2. The van der Waals surface area contributed by atoms with Crippen LogP contribution < -0.4 is 0 Å². The molecule has 1 aromatic rings. The van der Waals surface area contributed by atoms with E-state index in [0.717, 1.165) is 19.6 Å². The van der Waals surface area contributed by atoms with Gasteiger partial charge in [0.2, 0.25) is 12.2 Å². The van der Waals surface area contributed by atoms with Crippen LogP contribution in [-0.2, 0) is 68.3 Å². The van der Waals surface area contributed by atoms with Crippen LogP contribution in [0, 0.1) is 5.41 Å². The van der Waals surface area contributed by atoms with Gasteiger partial charge in [-0.25, -0.2) is 4.79 Å². The zero-order valence-electron chi connectivity index (χ0n) is 25.5. The summed E-state index contributed by atoms with van der Waals surface area (Å²) in [6, 6.07) is 9.55. The highest BCUT2D eigenvalue weighted by molar-refractivity contribution is 6.76. The Morgan fingerprint density at radius 1 is 0.800 bits per heavy atom. The molecule has 17 heteroatoms. The number of benzene rings is 1. The summed E-state index contributed by atoms with van der Waals surface area (Å²) in [5.74, 6) is -2.55. The second kappa shape index (κ2) is 17.4. The molecule has 0 amide bonds. The number of rotatable bonds is 13. The lowest BCUT2D eigenvalue weighted by atomic mass is 9.96. The molecule has 10 atom stereocenters. The SMILES string of the molecule is COC(=O)[C@H]1OC(OC(=N)C(Cl)(Cl)Cl)[C@H](OC(C)=O)[C@@H](OC)[C@@H]1O[C@H]1O[C@H](COCc2ccccc2)[C@@H](OC)[C@H](OC)[C@H]1OC. The van der Waals surface area contributed by atoms with Gasteiger partial charge in [-0.2, -0.15) is 0 Å². The number of hydrogen-bond acceptors (Lipinski definition) is 14. The molecular weight excluding hydrogens is 665 g/mol. The fraction of sp³-hybridized carbons (Fsp3) is 0.679. The maximum absolute atomic E-state index is 13.0. The molecule has 1 aromatic carbocycles. The third-order valence-electron chi connectivity index (χ3n) is 7.09. The van der Waals surface area contributed by atoms with Crippen LogP contribution in [0.5, 0.6) is 0 Å². The van der Waals surface area contributed by atoms with E-state index in [4.69, 9.17) is 92.3 Å². The van der Waals surface area contributed by atoms with Gasteiger partial charge in [0, 0.05) is 35.4 Å². The number of hydrogen-bond donors (Lipinski definition) is 1. The predicted molar refractivity (Wildman–Crippen MR) is 158 cm³/mol. The zero-order valence-corrected chi connectivity index (χ0v) is 27.8. The molecule has 0 aliphatic carbocycles. The Hall–Kier alpha value is -1.82. The first kappa shape index (κ1) is 37.6. The Balaban J connectivity index is 1.94. The largest absolute Gasteiger partial charge is 0.467 e. The van der Waals surface area contributed by atoms with Gasteiger partial charge in [0.1, 0.15) is 36.6 Å². The molecule has 3 rings (SSSR count). The van der Waals surface area contributed by atoms with Crippen molar-refractivity contribution in [1.82, 2.24) is 0 Å². The van der Waals surface area contributed by atoms with E-state index in [1.807, 2.05) is 30.3 Å². The van der Waals surface area contributed by atoms with E-state index < -0.39 is 83.0 Å². The van der Waals surface area contributed by atoms with Crippen LogP contribution in [-0.4, -0.2) is 125 Å². The average molecular weight is 703 g/mol. The lowest BCUT2D eigenvalue weighted by Gasteiger charge is -2.48. The highest BCUT2D eigenvalue weighted by Gasteiger charge is 2.57. The van der Waals surface area contributed by atoms with E-state index in [9.17, 15) is 9.59 Å². The number of alkyl halides is 3. The van der Waals surface area contributed by atoms with Gasteiger partial charge in [-0.3, -0.25) is 10.2 Å². The molecule has 254 valence electrons. The van der Waals surface area contributed by atoms with Crippen molar-refractivity contribution in [3.05, 3.63) is 35.9 Å². The quantitative estimate of drug-likeness (QED) is 0.138. The van der Waals surface area contributed by atoms with Gasteiger partial charge in [-0.05, 0) is 5.56 Å². The molecule has 0 aromatic heterocycles. The van der Waals surface area contributed by atoms with Crippen LogP contribution in [0.25, 0.3) is 0 Å². The van der Waals surface area contributed by atoms with Gasteiger partial charge >= 0.3 is 11.9 Å². The Kier molecular flexibility index (Phi) is 14.5. The minimum Gasteiger partial charge on any atom is -0.467 e. The standard InChI is InChI=1S/C28H38Cl3NO13/c1-14(33)41-23-19(37-4)20(21(24(34)39-6)44-26(23)45-27(32)28(29,30)31)43-25-22(38-5)18(36-3)17(35-2)16(42-25)13-40-12-15-10-8-7-9-11-15/h7-11,16-23,25-26,32H,12-13H2,1-6H3/t16-,17-,18+,19+,20+,21+,22-,23-,25-,26?/m1/s1. The molecule has 2 aliphatic heterocycles. The predicted octanol–water partition coefficient (Wildman–Crippen LogP) is 2.57. The Morgan fingerprint density at radius 3 is 1.93 bits per heavy atom. The highest BCUT2D eigenvalue weighted by atomic mass is 35.6. The second-order valence-corrected chi connectivity index (χ2v) is 12.2. The maximum atomic E-state index is 13.0. The van der Waals surface area contributed by atoms with E-state index in [1.54, 1.807) is 0 Å². The van der Waals surface area contributed by atoms with E-state index in [2.05, 4.69) is 0 Å². The van der Waals surface area contributed by atoms with Crippen molar-refractivity contribution < 1.29 is 61.7 Å². The Bertz CT molecular complexity index is 1110. The van der Waals surface area contributed by atoms with Crippen LogP contribution in [0.2, 0.25) is 0 Å². The van der Waals surface area contributed by atoms with Crippen LogP contribution >= 0.6 is 34.8 Å². The smallest absolute Gasteiger partial charge is 0.338 e. The van der Waals surface area contributed by atoms with Crippen molar-refractivity contribution in [2.24, 2.45) is 0 Å². The number of carbonyl (C=O) groups excluding carboxylic acids is 2. The number of carbonyl (C=O) groups is 2. The molecule has 2 fully saturated rings. The summed E-state index contributed by atoms with van der Waals surface area (Å²) in [6.07, 6.45) is -11.5. The highest BCUT2D eigenvalue weighted by Crippen LogP contribution is 2.36. The third kappa shape index (κ3) is 9.61. The molecule has 0 spiro atoms. The van der Waals surface area contributed by atoms with E-state index in [-0.39, 0.29) is 6.61 Å². The fourth-order valence-corrected chi connectivity index (χ4v) is 5.21. The number of ether oxygens (including phenoxy) is 11. The summed E-state index contributed by atoms with van der Waals surface area (Å²) in [6.45, 7) is 1.50. The maximum Gasteiger partial charge on any atom is 0.338 e. The molecule has 2 aliphatic rings. The molecular formula is C28H38Cl3NO13. The number of methoxy groups -OCH3 is 5. The minimum atomic E-state index is -2.30. The second-order valence-electron chi connectivity index (χ2n) is 9.91. The van der Waals surface area contributed by atoms with Crippen molar-refractivity contribution in [3.63, 3.8) is 0 Å². The summed E-state index contributed by atoms with van der Waals surface area (Å²) >= 11 is 17.4. The van der Waals surface area contributed by atoms with Crippen molar-refractivity contribution in [3.8, 4) is 0 Å². The third-order valence-corrected chi connectivity index (χ3v) is 7.60. The van der Waals surface area contributed by atoms with Crippen molar-refractivity contribution >= 4 is 52.6 Å². The van der Waals surface area contributed by atoms with Gasteiger partial charge < -0.3 is 52.1 Å². The first-order valence-corrected chi connectivity index (χ1v) is 14.8. The normalized spacial score (nSPS) is 32.0. The van der Waals surface area contributed by atoms with Crippen LogP contribution in [0.4, 0.5) is 0 Å². The van der Waals surface area contributed by atoms with Crippen molar-refractivity contribution in [2.45, 2.75) is 78.7 Å². The van der Waals surface area contributed by atoms with Gasteiger partial charge in [0.25, 0.3) is 3.79 Å². The average Bonchev–Trinajstić information content (AvgIpc) is 3.01. The molecule has 2 saturated heterocycles. The number of nitrogens with one attached hydrogen (secondary N) is 1. The first-order valence-electron chi connectivity index (χ1n) is 13.7. The Morgan fingerprint density at radius 2 is 1.40 bits per heavy atom. The lowest BCUT2D eigenvalue weighted by molar-refractivity contribution is -0.357. The molecule has 0 radical (unpaired) electrons. The van der Waals surface area contributed by atoms with E-state index in [1.165, 1.54) is 28.4 Å². The molecule has 0 bridgehead atoms. The zero-order chi connectivity index (χ0) is 33.3. The van der Waals surface area contributed by atoms with E-state index in [0.29, 0.717) is 6.61 Å². The molecule has 2 heterocycles. The topological polar surface area (TPSA) is 160 Å². The Labute approximate surface area is 276 Å². The monoisotopic (exact) mass is 701 g/mol. The van der Waals surface area contributed by atoms with Crippen molar-refractivity contribution in [1.29, 1.82) is 5.41 Å². The van der Waals surface area contributed by atoms with Gasteiger partial charge in [-0.1, -0.05) is 65.1 Å². The fourth-order valence-electron chi connectivity index (χ4n) is 5.07. The summed E-state index contributed by atoms with van der Waals surface area (Å²) in [4.78, 5) is 25.2. The summed E-state index contributed by atoms with van der Waals surface area (Å²) < 4.78 is 60.8. The molecule has 1 N–H and O–H groups in total.